The van der Waals surface area contributed by atoms with Crippen molar-refractivity contribution in [3.05, 3.63) is 24.3 Å². The molecule has 3 aliphatic carbocycles. The molecule has 0 aromatic rings. The van der Waals surface area contributed by atoms with E-state index in [0.29, 0.717) is 12.8 Å². The Morgan fingerprint density at radius 1 is 1.30 bits per heavy atom. The van der Waals surface area contributed by atoms with Crippen LogP contribution in [0.2, 0.25) is 0 Å². The number of ketones is 1. The summed E-state index contributed by atoms with van der Waals surface area (Å²) in [6.45, 7) is 10.3. The normalized spacial score (nSPS) is 42.2. The summed E-state index contributed by atoms with van der Waals surface area (Å²) >= 11 is 0. The molecule has 4 atom stereocenters. The molecule has 1 N–H and O–H groups in total. The molecule has 0 unspecified atom stereocenters. The van der Waals surface area contributed by atoms with Gasteiger partial charge in [-0.2, -0.15) is 0 Å². The maximum atomic E-state index is 12.8. The molecular weight excluding hydrogens is 288 g/mol. The van der Waals surface area contributed by atoms with Crippen LogP contribution in [-0.4, -0.2) is 16.9 Å². The molecular formula is C20H28O3. The van der Waals surface area contributed by atoms with Crippen molar-refractivity contribution in [2.75, 3.05) is 0 Å². The van der Waals surface area contributed by atoms with Crippen molar-refractivity contribution in [1.29, 1.82) is 0 Å². The van der Waals surface area contributed by atoms with Crippen LogP contribution >= 0.6 is 0 Å². The Labute approximate surface area is 138 Å². The minimum atomic E-state index is -0.760. The predicted molar refractivity (Wildman–Crippen MR) is 89.9 cm³/mol. The number of carbonyl (C=O) groups is 2. The highest BCUT2D eigenvalue weighted by Gasteiger charge is 2.63. The number of aliphatic carboxylic acids is 1. The van der Waals surface area contributed by atoms with E-state index in [0.717, 1.165) is 31.3 Å². The zero-order chi connectivity index (χ0) is 17.0. The van der Waals surface area contributed by atoms with Crippen LogP contribution in [0.5, 0.6) is 0 Å². The fraction of sp³-hybridized carbons (Fsp3) is 0.700. The zero-order valence-corrected chi connectivity index (χ0v) is 14.5. The lowest BCUT2D eigenvalue weighted by molar-refractivity contribution is -0.172. The highest BCUT2D eigenvalue weighted by atomic mass is 16.4. The summed E-state index contributed by atoms with van der Waals surface area (Å²) in [6, 6.07) is 0. The van der Waals surface area contributed by atoms with Crippen LogP contribution in [-0.2, 0) is 9.59 Å². The first-order valence-corrected chi connectivity index (χ1v) is 8.79. The second-order valence-electron chi connectivity index (χ2n) is 8.77. The number of hydrogen-bond acceptors (Lipinski definition) is 2. The molecule has 0 bridgehead atoms. The van der Waals surface area contributed by atoms with Crippen molar-refractivity contribution < 1.29 is 14.7 Å². The van der Waals surface area contributed by atoms with Crippen molar-refractivity contribution in [3.63, 3.8) is 0 Å². The second kappa shape index (κ2) is 5.06. The largest absolute Gasteiger partial charge is 0.481 e. The summed E-state index contributed by atoms with van der Waals surface area (Å²) in [5.41, 5.74) is -0.255. The molecule has 3 rings (SSSR count). The van der Waals surface area contributed by atoms with Crippen molar-refractivity contribution in [3.8, 4) is 0 Å². The van der Waals surface area contributed by atoms with Gasteiger partial charge in [0.05, 0.1) is 5.41 Å². The highest BCUT2D eigenvalue weighted by Crippen LogP contribution is 2.63. The van der Waals surface area contributed by atoms with Gasteiger partial charge in [-0.25, -0.2) is 0 Å². The van der Waals surface area contributed by atoms with Gasteiger partial charge in [-0.05, 0) is 42.6 Å². The van der Waals surface area contributed by atoms with Crippen LogP contribution in [0.4, 0.5) is 0 Å². The van der Waals surface area contributed by atoms with E-state index in [9.17, 15) is 14.7 Å². The van der Waals surface area contributed by atoms with E-state index >= 15 is 0 Å². The van der Waals surface area contributed by atoms with Gasteiger partial charge in [-0.15, -0.1) is 6.58 Å². The summed E-state index contributed by atoms with van der Waals surface area (Å²) in [5, 5.41) is 10.2. The minimum absolute atomic E-state index is 0.0519. The van der Waals surface area contributed by atoms with Crippen LogP contribution in [0.15, 0.2) is 24.3 Å². The molecule has 0 amide bonds. The van der Waals surface area contributed by atoms with E-state index in [1.807, 2.05) is 12.2 Å². The van der Waals surface area contributed by atoms with Gasteiger partial charge in [0.2, 0.25) is 0 Å². The summed E-state index contributed by atoms with van der Waals surface area (Å²) in [4.78, 5) is 25.3. The maximum absolute atomic E-state index is 12.8. The highest BCUT2D eigenvalue weighted by molar-refractivity contribution is 5.99. The first-order chi connectivity index (χ1) is 10.7. The Bertz CT molecular complexity index is 600. The summed E-state index contributed by atoms with van der Waals surface area (Å²) in [5.74, 6) is -0.705. The van der Waals surface area contributed by atoms with Gasteiger partial charge in [0, 0.05) is 17.8 Å². The Hall–Kier alpha value is -1.38. The fourth-order valence-corrected chi connectivity index (χ4v) is 5.58. The second-order valence-corrected chi connectivity index (χ2v) is 8.77. The molecule has 0 saturated heterocycles. The molecule has 126 valence electrons. The van der Waals surface area contributed by atoms with E-state index < -0.39 is 11.4 Å². The van der Waals surface area contributed by atoms with Crippen LogP contribution in [0.25, 0.3) is 0 Å². The summed E-state index contributed by atoms with van der Waals surface area (Å²) in [7, 11) is 0. The molecule has 0 heterocycles. The molecule has 0 spiro atoms. The van der Waals surface area contributed by atoms with Gasteiger partial charge in [0.25, 0.3) is 0 Å². The van der Waals surface area contributed by atoms with Crippen LogP contribution in [0.1, 0.15) is 59.3 Å². The topological polar surface area (TPSA) is 54.4 Å². The average Bonchev–Trinajstić information content (AvgIpc) is 2.48. The Kier molecular flexibility index (Phi) is 3.62. The molecule has 2 saturated carbocycles. The van der Waals surface area contributed by atoms with Crippen LogP contribution in [0.3, 0.4) is 0 Å². The number of carboxylic acids is 1. The number of carboxylic acid groups (broad SMARTS) is 1. The third-order valence-corrected chi connectivity index (χ3v) is 7.01. The molecule has 3 nitrogen and oxygen atoms in total. The van der Waals surface area contributed by atoms with Gasteiger partial charge < -0.3 is 5.11 Å². The number of rotatable bonds is 2. The smallest absolute Gasteiger partial charge is 0.310 e. The van der Waals surface area contributed by atoms with E-state index in [2.05, 4.69) is 27.4 Å². The monoisotopic (exact) mass is 316 g/mol. The van der Waals surface area contributed by atoms with Crippen molar-refractivity contribution >= 4 is 11.8 Å². The van der Waals surface area contributed by atoms with Gasteiger partial charge in [-0.3, -0.25) is 9.59 Å². The molecule has 0 aliphatic heterocycles. The Morgan fingerprint density at radius 2 is 2.00 bits per heavy atom. The fourth-order valence-electron chi connectivity index (χ4n) is 5.58. The van der Waals surface area contributed by atoms with Gasteiger partial charge in [0.1, 0.15) is 0 Å². The van der Waals surface area contributed by atoms with Crippen molar-refractivity contribution in [1.82, 2.24) is 0 Å². The molecule has 0 aromatic heterocycles. The van der Waals surface area contributed by atoms with Gasteiger partial charge >= 0.3 is 5.97 Å². The number of carbonyl (C=O) groups excluding carboxylic acids is 1. The van der Waals surface area contributed by atoms with Crippen LogP contribution < -0.4 is 0 Å². The quantitative estimate of drug-likeness (QED) is 0.769. The summed E-state index contributed by atoms with van der Waals surface area (Å²) in [6.07, 6.45) is 8.61. The van der Waals surface area contributed by atoms with E-state index in [-0.39, 0.29) is 28.4 Å². The van der Waals surface area contributed by atoms with E-state index in [1.54, 1.807) is 0 Å². The number of fused-ring (bicyclic) bond motifs is 3. The predicted octanol–water partition coefficient (Wildman–Crippen LogP) is 4.39. The third kappa shape index (κ3) is 2.23. The van der Waals surface area contributed by atoms with E-state index in [1.165, 1.54) is 0 Å². The molecule has 3 aliphatic rings. The zero-order valence-electron chi connectivity index (χ0n) is 14.5. The lowest BCUT2D eigenvalue weighted by Crippen LogP contribution is -2.58. The maximum Gasteiger partial charge on any atom is 0.310 e. The van der Waals surface area contributed by atoms with Gasteiger partial charge in [-0.1, -0.05) is 39.3 Å². The van der Waals surface area contributed by atoms with Crippen molar-refractivity contribution in [2.24, 2.45) is 28.1 Å². The molecule has 2 fully saturated rings. The molecule has 3 heteroatoms. The number of Topliss-reactive ketones (excluding diaryl/α,β-unsaturated/α-hetero) is 1. The Balaban J connectivity index is 2.15. The lowest BCUT2D eigenvalue weighted by Gasteiger charge is -2.57. The Morgan fingerprint density at radius 3 is 2.61 bits per heavy atom. The van der Waals surface area contributed by atoms with Crippen molar-refractivity contribution in [2.45, 2.75) is 59.3 Å². The average molecular weight is 316 g/mol. The third-order valence-electron chi connectivity index (χ3n) is 7.01. The summed E-state index contributed by atoms with van der Waals surface area (Å²) < 4.78 is 0. The lowest BCUT2D eigenvalue weighted by atomic mass is 9.44. The number of hydrogen-bond donors (Lipinski definition) is 1. The molecule has 23 heavy (non-hydrogen) atoms. The van der Waals surface area contributed by atoms with Gasteiger partial charge in [0.15, 0.2) is 5.78 Å². The first kappa shape index (κ1) is 16.5. The first-order valence-electron chi connectivity index (χ1n) is 8.79. The number of allylic oxidation sites excluding steroid dienone is 3. The molecule has 0 radical (unpaired) electrons. The van der Waals surface area contributed by atoms with E-state index in [4.69, 9.17) is 0 Å². The van der Waals surface area contributed by atoms with Crippen LogP contribution in [0, 0.1) is 28.1 Å². The molecule has 0 aromatic carbocycles. The minimum Gasteiger partial charge on any atom is -0.481 e. The standard InChI is InChI=1S/C20H28O3/c1-5-19(4)10-7-14-13(12-19)15(21)11-16-18(2,3)8-6-9-20(14,16)17(22)23/h5,12,14,16H,1,6-11H2,2-4H3,(H,22,23)/t14-,16+,19-,20-/m0/s1. The SMILES string of the molecule is C=C[C@]1(C)C=C2C(=O)C[C@@H]3C(C)(C)CCC[C@]3(C(=O)O)[C@H]2CC1.